The van der Waals surface area contributed by atoms with Crippen molar-refractivity contribution in [2.24, 2.45) is 5.92 Å². The molecule has 4 rings (SSSR count). The topological polar surface area (TPSA) is 55.2 Å². The fourth-order valence-electron chi connectivity index (χ4n) is 5.01. The lowest BCUT2D eigenvalue weighted by atomic mass is 10.0. The summed E-state index contributed by atoms with van der Waals surface area (Å²) in [5.74, 6) is 0.981. The van der Waals surface area contributed by atoms with E-state index < -0.39 is 0 Å². The van der Waals surface area contributed by atoms with Gasteiger partial charge in [-0.25, -0.2) is 4.98 Å². The molecule has 0 aliphatic heterocycles. The van der Waals surface area contributed by atoms with Crippen LogP contribution in [0.1, 0.15) is 76.2 Å². The quantitative estimate of drug-likeness (QED) is 0.430. The minimum absolute atomic E-state index is 0.0818. The number of carbonyl (C=O) groups is 1. The van der Waals surface area contributed by atoms with Gasteiger partial charge in [0.05, 0.1) is 22.6 Å². The van der Waals surface area contributed by atoms with Crippen molar-refractivity contribution in [1.82, 2.24) is 14.5 Å². The van der Waals surface area contributed by atoms with Gasteiger partial charge in [-0.15, -0.1) is 0 Å². The van der Waals surface area contributed by atoms with E-state index in [1.165, 1.54) is 0 Å². The molecule has 0 bridgehead atoms. The first kappa shape index (κ1) is 23.2. The molecule has 5 nitrogen and oxygen atoms in total. The standard InChI is InChI=1S/C28H35N3O2/c1-4-6-19-30(27(32)21-11-7-8-12-21)25(5-2)26-29-24-14-10-9-13-23(24)28(33)31(26)22-17-15-20(3)16-18-22/h9-10,13-18,21,25H,4-8,11-12,19H2,1-3H3. The van der Waals surface area contributed by atoms with Gasteiger partial charge in [0.15, 0.2) is 0 Å². The van der Waals surface area contributed by atoms with Gasteiger partial charge < -0.3 is 4.90 Å². The van der Waals surface area contributed by atoms with Crippen LogP contribution in [0.25, 0.3) is 16.6 Å². The highest BCUT2D eigenvalue weighted by atomic mass is 16.2. The zero-order chi connectivity index (χ0) is 23.4. The average Bonchev–Trinajstić information content (AvgIpc) is 3.37. The number of nitrogens with zero attached hydrogens (tertiary/aromatic N) is 3. The van der Waals surface area contributed by atoms with E-state index in [9.17, 15) is 9.59 Å². The van der Waals surface area contributed by atoms with E-state index in [1.54, 1.807) is 4.57 Å². The second kappa shape index (κ2) is 10.3. The van der Waals surface area contributed by atoms with Crippen LogP contribution in [0.3, 0.4) is 0 Å². The first-order chi connectivity index (χ1) is 16.0. The van der Waals surface area contributed by atoms with Gasteiger partial charge in [-0.1, -0.05) is 62.9 Å². The number of fused-ring (bicyclic) bond motifs is 1. The molecule has 2 aromatic carbocycles. The summed E-state index contributed by atoms with van der Waals surface area (Å²) in [6.07, 6.45) is 6.84. The Bertz CT molecular complexity index is 1160. The molecule has 1 amide bonds. The average molecular weight is 446 g/mol. The molecule has 3 aromatic rings. The predicted molar refractivity (Wildman–Crippen MR) is 134 cm³/mol. The molecule has 1 aromatic heterocycles. The second-order valence-corrected chi connectivity index (χ2v) is 9.25. The Hall–Kier alpha value is -2.95. The van der Waals surface area contributed by atoms with Crippen LogP contribution in [0, 0.1) is 12.8 Å². The number of carbonyl (C=O) groups excluding carboxylic acids is 1. The minimum atomic E-state index is -0.247. The van der Waals surface area contributed by atoms with E-state index in [0.717, 1.165) is 49.8 Å². The van der Waals surface area contributed by atoms with Crippen molar-refractivity contribution in [2.45, 2.75) is 71.8 Å². The van der Waals surface area contributed by atoms with Crippen molar-refractivity contribution in [2.75, 3.05) is 6.54 Å². The minimum Gasteiger partial charge on any atom is -0.332 e. The Morgan fingerprint density at radius 3 is 2.45 bits per heavy atom. The molecule has 1 unspecified atom stereocenters. The smallest absolute Gasteiger partial charge is 0.266 e. The number of unbranched alkanes of at least 4 members (excludes halogenated alkanes) is 1. The van der Waals surface area contributed by atoms with Crippen LogP contribution in [0.15, 0.2) is 53.3 Å². The Morgan fingerprint density at radius 1 is 1.09 bits per heavy atom. The number of benzene rings is 2. The van der Waals surface area contributed by atoms with Crippen LogP contribution in [0.5, 0.6) is 0 Å². The molecular formula is C28H35N3O2. The molecule has 0 saturated heterocycles. The summed E-state index contributed by atoms with van der Waals surface area (Å²) in [6.45, 7) is 6.97. The molecule has 33 heavy (non-hydrogen) atoms. The maximum Gasteiger partial charge on any atom is 0.266 e. The van der Waals surface area contributed by atoms with E-state index in [1.807, 2.05) is 60.4 Å². The summed E-state index contributed by atoms with van der Waals surface area (Å²) in [4.78, 5) is 34.5. The van der Waals surface area contributed by atoms with Crippen molar-refractivity contribution in [3.63, 3.8) is 0 Å². The summed E-state index contributed by atoms with van der Waals surface area (Å²) in [5, 5.41) is 0.596. The fraction of sp³-hybridized carbons (Fsp3) is 0.464. The number of amides is 1. The number of aromatic nitrogens is 2. The van der Waals surface area contributed by atoms with Crippen LogP contribution < -0.4 is 5.56 Å². The summed E-state index contributed by atoms with van der Waals surface area (Å²) in [7, 11) is 0. The number of hydrogen-bond acceptors (Lipinski definition) is 3. The van der Waals surface area contributed by atoms with Crippen molar-refractivity contribution >= 4 is 16.8 Å². The Morgan fingerprint density at radius 2 is 1.79 bits per heavy atom. The number of aryl methyl sites for hydroxylation is 1. The molecule has 1 atom stereocenters. The van der Waals surface area contributed by atoms with Crippen molar-refractivity contribution < 1.29 is 4.79 Å². The third-order valence-corrected chi connectivity index (χ3v) is 6.89. The van der Waals surface area contributed by atoms with Crippen LogP contribution in [0.4, 0.5) is 0 Å². The lowest BCUT2D eigenvalue weighted by molar-refractivity contribution is -0.138. The molecule has 1 aliphatic rings. The molecule has 0 spiro atoms. The van der Waals surface area contributed by atoms with E-state index in [0.29, 0.717) is 29.7 Å². The summed E-state index contributed by atoms with van der Waals surface area (Å²) in [5.41, 5.74) is 2.53. The van der Waals surface area contributed by atoms with E-state index in [2.05, 4.69) is 13.8 Å². The van der Waals surface area contributed by atoms with Gasteiger partial charge in [-0.05, 0) is 56.9 Å². The van der Waals surface area contributed by atoms with Gasteiger partial charge >= 0.3 is 0 Å². The maximum absolute atomic E-state index is 13.7. The zero-order valence-electron chi connectivity index (χ0n) is 20.1. The number of para-hydroxylation sites is 1. The second-order valence-electron chi connectivity index (χ2n) is 9.25. The van der Waals surface area contributed by atoms with Crippen molar-refractivity contribution in [3.05, 3.63) is 70.3 Å². The Balaban J connectivity index is 1.90. The zero-order valence-corrected chi connectivity index (χ0v) is 20.1. The molecule has 174 valence electrons. The summed E-state index contributed by atoms with van der Waals surface area (Å²) < 4.78 is 1.73. The predicted octanol–water partition coefficient (Wildman–Crippen LogP) is 5.96. The van der Waals surface area contributed by atoms with Crippen molar-refractivity contribution in [3.8, 4) is 5.69 Å². The van der Waals surface area contributed by atoms with Crippen LogP contribution in [0.2, 0.25) is 0 Å². The molecule has 1 fully saturated rings. The number of hydrogen-bond donors (Lipinski definition) is 0. The van der Waals surface area contributed by atoms with Gasteiger partial charge in [-0.2, -0.15) is 0 Å². The van der Waals surface area contributed by atoms with Crippen LogP contribution in [-0.4, -0.2) is 26.9 Å². The van der Waals surface area contributed by atoms with Gasteiger partial charge in [0, 0.05) is 12.5 Å². The third kappa shape index (κ3) is 4.73. The molecule has 1 saturated carbocycles. The van der Waals surface area contributed by atoms with Crippen molar-refractivity contribution in [1.29, 1.82) is 0 Å². The lowest BCUT2D eigenvalue weighted by Crippen LogP contribution is -2.41. The molecule has 1 aliphatic carbocycles. The maximum atomic E-state index is 13.7. The molecule has 0 radical (unpaired) electrons. The van der Waals surface area contributed by atoms with Gasteiger partial charge in [0.1, 0.15) is 5.82 Å². The summed E-state index contributed by atoms with van der Waals surface area (Å²) in [6, 6.07) is 15.2. The third-order valence-electron chi connectivity index (χ3n) is 6.89. The Labute approximate surface area is 196 Å². The SMILES string of the molecule is CCCCN(C(=O)C1CCCC1)C(CC)c1nc2ccccc2c(=O)n1-c1ccc(C)cc1. The Kier molecular flexibility index (Phi) is 7.26. The number of rotatable bonds is 8. The van der Waals surface area contributed by atoms with E-state index >= 15 is 0 Å². The molecule has 5 heteroatoms. The fourth-order valence-corrected chi connectivity index (χ4v) is 5.01. The van der Waals surface area contributed by atoms with E-state index in [4.69, 9.17) is 4.98 Å². The molecule has 0 N–H and O–H groups in total. The summed E-state index contributed by atoms with van der Waals surface area (Å²) >= 11 is 0. The van der Waals surface area contributed by atoms with E-state index in [-0.39, 0.29) is 23.4 Å². The molecule has 1 heterocycles. The van der Waals surface area contributed by atoms with Crippen LogP contribution in [-0.2, 0) is 4.79 Å². The van der Waals surface area contributed by atoms with Gasteiger partial charge in [0.2, 0.25) is 5.91 Å². The van der Waals surface area contributed by atoms with Gasteiger partial charge in [-0.3, -0.25) is 14.2 Å². The largest absolute Gasteiger partial charge is 0.332 e. The van der Waals surface area contributed by atoms with Gasteiger partial charge in [0.25, 0.3) is 5.56 Å². The first-order valence-corrected chi connectivity index (χ1v) is 12.4. The van der Waals surface area contributed by atoms with Crippen LogP contribution >= 0.6 is 0 Å². The normalized spacial score (nSPS) is 15.1. The lowest BCUT2D eigenvalue weighted by Gasteiger charge is -2.34. The highest BCUT2D eigenvalue weighted by molar-refractivity contribution is 5.80. The molecular weight excluding hydrogens is 410 g/mol. The highest BCUT2D eigenvalue weighted by Gasteiger charge is 2.33. The monoisotopic (exact) mass is 445 g/mol. The highest BCUT2D eigenvalue weighted by Crippen LogP contribution is 2.32. The first-order valence-electron chi connectivity index (χ1n) is 12.4.